The van der Waals surface area contributed by atoms with Crippen molar-refractivity contribution >= 4 is 5.82 Å². The van der Waals surface area contributed by atoms with Crippen LogP contribution in [0.3, 0.4) is 0 Å². The molecule has 0 aliphatic heterocycles. The normalized spacial score (nSPS) is 10.5. The molecule has 1 rings (SSSR count). The highest BCUT2D eigenvalue weighted by molar-refractivity contribution is 5.40. The molecule has 5 heteroatoms. The molecule has 0 atom stereocenters. The number of anilines is 1. The molecule has 0 aromatic carbocycles. The second-order valence-electron chi connectivity index (χ2n) is 3.22. The van der Waals surface area contributed by atoms with Gasteiger partial charge in [0.1, 0.15) is 5.82 Å². The van der Waals surface area contributed by atoms with E-state index in [4.69, 9.17) is 5.84 Å². The standard InChI is InChI=1S/C8H14N4O/c1-4(2)6-10-7(12-9)5(3)8(13)11-6/h4H,9H2,1-3H3,(H2,10,11,12,13). The minimum atomic E-state index is -0.147. The van der Waals surface area contributed by atoms with Crippen LogP contribution in [0.4, 0.5) is 5.82 Å². The Morgan fingerprint density at radius 3 is 2.62 bits per heavy atom. The van der Waals surface area contributed by atoms with E-state index in [9.17, 15) is 4.79 Å². The SMILES string of the molecule is Cc1c(NN)nc(C(C)C)[nH]c1=O. The maximum absolute atomic E-state index is 11.3. The summed E-state index contributed by atoms with van der Waals surface area (Å²) in [6.45, 7) is 5.58. The minimum absolute atomic E-state index is 0.147. The first-order valence-electron chi connectivity index (χ1n) is 4.13. The van der Waals surface area contributed by atoms with E-state index in [1.54, 1.807) is 6.92 Å². The summed E-state index contributed by atoms with van der Waals surface area (Å²) in [4.78, 5) is 18.2. The summed E-state index contributed by atoms with van der Waals surface area (Å²) in [6.07, 6.45) is 0. The number of nitrogens with zero attached hydrogens (tertiary/aromatic N) is 1. The second kappa shape index (κ2) is 3.57. The molecule has 0 aliphatic rings. The predicted molar refractivity (Wildman–Crippen MR) is 51.5 cm³/mol. The number of aromatic amines is 1. The number of aromatic nitrogens is 2. The van der Waals surface area contributed by atoms with Gasteiger partial charge >= 0.3 is 0 Å². The fourth-order valence-electron chi connectivity index (χ4n) is 0.964. The van der Waals surface area contributed by atoms with E-state index < -0.39 is 0 Å². The summed E-state index contributed by atoms with van der Waals surface area (Å²) < 4.78 is 0. The Balaban J connectivity index is 3.31. The van der Waals surface area contributed by atoms with E-state index in [0.29, 0.717) is 17.2 Å². The van der Waals surface area contributed by atoms with Gasteiger partial charge in [0.25, 0.3) is 5.56 Å². The fraction of sp³-hybridized carbons (Fsp3) is 0.500. The summed E-state index contributed by atoms with van der Waals surface area (Å²) >= 11 is 0. The van der Waals surface area contributed by atoms with Crippen LogP contribution in [0.5, 0.6) is 0 Å². The van der Waals surface area contributed by atoms with Gasteiger partial charge < -0.3 is 10.4 Å². The van der Waals surface area contributed by atoms with Crippen LogP contribution in [-0.2, 0) is 0 Å². The summed E-state index contributed by atoms with van der Waals surface area (Å²) in [5.74, 6) is 6.48. The summed E-state index contributed by atoms with van der Waals surface area (Å²) in [5.41, 5.74) is 2.76. The van der Waals surface area contributed by atoms with Crippen LogP contribution in [0.25, 0.3) is 0 Å². The molecule has 0 spiro atoms. The zero-order chi connectivity index (χ0) is 10.0. The zero-order valence-electron chi connectivity index (χ0n) is 8.01. The van der Waals surface area contributed by atoms with Gasteiger partial charge in [0, 0.05) is 5.92 Å². The maximum Gasteiger partial charge on any atom is 0.255 e. The Morgan fingerprint density at radius 2 is 2.15 bits per heavy atom. The molecule has 1 aromatic rings. The van der Waals surface area contributed by atoms with Crippen LogP contribution in [0.15, 0.2) is 4.79 Å². The third-order valence-corrected chi connectivity index (χ3v) is 1.85. The largest absolute Gasteiger partial charge is 0.310 e. The molecule has 1 aromatic heterocycles. The molecule has 1 heterocycles. The van der Waals surface area contributed by atoms with E-state index in [2.05, 4.69) is 15.4 Å². The lowest BCUT2D eigenvalue weighted by atomic mass is 10.2. The lowest BCUT2D eigenvalue weighted by molar-refractivity contribution is 0.763. The van der Waals surface area contributed by atoms with Gasteiger partial charge in [-0.05, 0) is 6.92 Å². The highest BCUT2D eigenvalue weighted by Crippen LogP contribution is 2.10. The molecule has 0 amide bonds. The third-order valence-electron chi connectivity index (χ3n) is 1.85. The molecular weight excluding hydrogens is 168 g/mol. The number of nitrogen functional groups attached to an aromatic ring is 1. The van der Waals surface area contributed by atoms with Crippen LogP contribution in [-0.4, -0.2) is 9.97 Å². The van der Waals surface area contributed by atoms with E-state index >= 15 is 0 Å². The first kappa shape index (κ1) is 9.73. The summed E-state index contributed by atoms with van der Waals surface area (Å²) in [6, 6.07) is 0. The van der Waals surface area contributed by atoms with Crippen LogP contribution in [0.1, 0.15) is 31.2 Å². The van der Waals surface area contributed by atoms with Crippen molar-refractivity contribution in [1.29, 1.82) is 0 Å². The molecule has 0 unspecified atom stereocenters. The Hall–Kier alpha value is -1.36. The van der Waals surface area contributed by atoms with Gasteiger partial charge in [-0.3, -0.25) is 4.79 Å². The van der Waals surface area contributed by atoms with Crippen molar-refractivity contribution < 1.29 is 0 Å². The summed E-state index contributed by atoms with van der Waals surface area (Å²) in [7, 11) is 0. The third kappa shape index (κ3) is 1.86. The first-order valence-corrected chi connectivity index (χ1v) is 4.13. The first-order chi connectivity index (χ1) is 6.06. The molecule has 72 valence electrons. The fourth-order valence-corrected chi connectivity index (χ4v) is 0.964. The number of hydrogen-bond donors (Lipinski definition) is 3. The summed E-state index contributed by atoms with van der Waals surface area (Å²) in [5, 5.41) is 0. The van der Waals surface area contributed by atoms with Gasteiger partial charge in [0.05, 0.1) is 5.56 Å². The topological polar surface area (TPSA) is 83.8 Å². The van der Waals surface area contributed by atoms with E-state index in [-0.39, 0.29) is 11.5 Å². The van der Waals surface area contributed by atoms with Crippen molar-refractivity contribution in [3.05, 3.63) is 21.7 Å². The average Bonchev–Trinajstić information content (AvgIpc) is 2.09. The minimum Gasteiger partial charge on any atom is -0.310 e. The number of nitrogens with two attached hydrogens (primary N) is 1. The van der Waals surface area contributed by atoms with Crippen LogP contribution >= 0.6 is 0 Å². The molecule has 0 saturated carbocycles. The van der Waals surface area contributed by atoms with Crippen molar-refractivity contribution in [2.45, 2.75) is 26.7 Å². The van der Waals surface area contributed by atoms with Gasteiger partial charge in [0.15, 0.2) is 5.82 Å². The lowest BCUT2D eigenvalue weighted by Crippen LogP contribution is -2.21. The van der Waals surface area contributed by atoms with Crippen molar-refractivity contribution in [1.82, 2.24) is 9.97 Å². The molecule has 0 fully saturated rings. The van der Waals surface area contributed by atoms with Gasteiger partial charge in [-0.15, -0.1) is 0 Å². The molecule has 0 aliphatic carbocycles. The van der Waals surface area contributed by atoms with Crippen LogP contribution in [0, 0.1) is 6.92 Å². The highest BCUT2D eigenvalue weighted by atomic mass is 16.1. The number of rotatable bonds is 2. The zero-order valence-corrected chi connectivity index (χ0v) is 8.01. The Kier molecular flexibility index (Phi) is 2.67. The monoisotopic (exact) mass is 182 g/mol. The van der Waals surface area contributed by atoms with Gasteiger partial charge in [-0.25, -0.2) is 10.8 Å². The number of hydrogen-bond acceptors (Lipinski definition) is 4. The van der Waals surface area contributed by atoms with Crippen molar-refractivity contribution in [3.63, 3.8) is 0 Å². The van der Waals surface area contributed by atoms with Crippen LogP contribution < -0.4 is 16.8 Å². The van der Waals surface area contributed by atoms with E-state index in [1.807, 2.05) is 13.8 Å². The van der Waals surface area contributed by atoms with Crippen molar-refractivity contribution in [2.75, 3.05) is 5.43 Å². The Labute approximate surface area is 76.4 Å². The van der Waals surface area contributed by atoms with Crippen LogP contribution in [0.2, 0.25) is 0 Å². The van der Waals surface area contributed by atoms with E-state index in [1.165, 1.54) is 0 Å². The van der Waals surface area contributed by atoms with Gasteiger partial charge in [-0.2, -0.15) is 0 Å². The molecular formula is C8H14N4O. The molecule has 0 bridgehead atoms. The molecule has 13 heavy (non-hydrogen) atoms. The lowest BCUT2D eigenvalue weighted by Gasteiger charge is -2.08. The van der Waals surface area contributed by atoms with E-state index in [0.717, 1.165) is 0 Å². The Bertz CT molecular complexity index is 356. The van der Waals surface area contributed by atoms with Gasteiger partial charge in [-0.1, -0.05) is 13.8 Å². The maximum atomic E-state index is 11.3. The number of H-pyrrole nitrogens is 1. The second-order valence-corrected chi connectivity index (χ2v) is 3.22. The van der Waals surface area contributed by atoms with Gasteiger partial charge in [0.2, 0.25) is 0 Å². The quantitative estimate of drug-likeness (QED) is 0.459. The molecule has 4 N–H and O–H groups in total. The molecule has 5 nitrogen and oxygen atoms in total. The predicted octanol–water partition coefficient (Wildman–Crippen LogP) is 0.487. The van der Waals surface area contributed by atoms with Crippen molar-refractivity contribution in [3.8, 4) is 0 Å². The average molecular weight is 182 g/mol. The smallest absolute Gasteiger partial charge is 0.255 e. The Morgan fingerprint density at radius 1 is 1.54 bits per heavy atom. The molecule has 0 saturated heterocycles. The number of nitrogens with one attached hydrogen (secondary N) is 2. The molecule has 0 radical (unpaired) electrons. The highest BCUT2D eigenvalue weighted by Gasteiger charge is 2.08. The number of hydrazine groups is 1. The van der Waals surface area contributed by atoms with Crippen molar-refractivity contribution in [2.24, 2.45) is 5.84 Å².